The molecule has 16 heavy (non-hydrogen) atoms. The maximum atomic E-state index is 9.44. The quantitative estimate of drug-likeness (QED) is 0.517. The fourth-order valence-corrected chi connectivity index (χ4v) is 0. The van der Waals surface area contributed by atoms with Crippen molar-refractivity contribution < 1.29 is 31.6 Å². The van der Waals surface area contributed by atoms with Gasteiger partial charge in [-0.3, -0.25) is 0 Å². The van der Waals surface area contributed by atoms with Crippen LogP contribution in [0, 0.1) is 0 Å². The molecule has 5 heteroatoms. The van der Waals surface area contributed by atoms with Crippen molar-refractivity contribution in [1.82, 2.24) is 0 Å². The number of rotatable bonds is 0. The Kier molecular flexibility index (Phi) is 37.0. The van der Waals surface area contributed by atoms with Gasteiger partial charge in [-0.2, -0.15) is 0 Å². The highest BCUT2D eigenvalue weighted by molar-refractivity contribution is 5.72. The number of hydrogen-bond acceptors (Lipinski definition) is 3. The van der Waals surface area contributed by atoms with Gasteiger partial charge in [-0.1, -0.05) is 0 Å². The second-order valence-electron chi connectivity index (χ2n) is 4.50. The first-order chi connectivity index (χ1) is 6.46. The summed E-state index contributed by atoms with van der Waals surface area (Å²) in [6, 6.07) is 0. The molecule has 0 aromatic heterocycles. The van der Waals surface area contributed by atoms with Gasteiger partial charge in [-0.25, -0.2) is 0 Å². The van der Waals surface area contributed by atoms with Crippen molar-refractivity contribution >= 4 is 11.6 Å². The van der Waals surface area contributed by atoms with Crippen molar-refractivity contribution in [3.05, 3.63) is 0 Å². The van der Waals surface area contributed by atoms with Gasteiger partial charge in [-0.15, -0.1) is 0 Å². The Labute approximate surface area is 107 Å². The zero-order valence-corrected chi connectivity index (χ0v) is 12.8. The molecule has 0 unspecified atom stereocenters. The Morgan fingerprint density at radius 1 is 0.750 bits per heavy atom. The zero-order chi connectivity index (χ0) is 13.7. The van der Waals surface area contributed by atoms with Crippen LogP contribution in [0.3, 0.4) is 0 Å². The van der Waals surface area contributed by atoms with E-state index in [1.54, 1.807) is 0 Å². The summed E-state index contributed by atoms with van der Waals surface area (Å²) in [5, 5.41) is 7.00. The third kappa shape index (κ3) is 10500. The van der Waals surface area contributed by atoms with Gasteiger partial charge >= 0.3 is 0 Å². The van der Waals surface area contributed by atoms with Crippen LogP contribution in [0.5, 0.6) is 0 Å². The van der Waals surface area contributed by atoms with Gasteiger partial charge in [0.2, 0.25) is 0 Å². The van der Waals surface area contributed by atoms with Gasteiger partial charge in [0.25, 0.3) is 0 Å². The molecule has 4 nitrogen and oxygen atoms in total. The maximum Gasteiger partial charge on any atom is 0.126 e. The lowest BCUT2D eigenvalue weighted by molar-refractivity contribution is -0.849. The summed E-state index contributed by atoms with van der Waals surface area (Å²) >= 11 is 0. The van der Waals surface area contributed by atoms with Crippen LogP contribution in [0.2, 0.25) is 0 Å². The summed E-state index contributed by atoms with van der Waals surface area (Å²) < 4.78 is 1.00. The average molecular weight is 258 g/mol. The van der Waals surface area contributed by atoms with Gasteiger partial charge in [0.1, 0.15) is 11.6 Å². The molecular weight excluding hydrogens is 230 g/mol. The lowest BCUT2D eigenvalue weighted by Crippen LogP contribution is -3.00. The van der Waals surface area contributed by atoms with Crippen molar-refractivity contribution in [2.24, 2.45) is 0 Å². The number of halogens is 1. The lowest BCUT2D eigenvalue weighted by atomic mass is 10.6. The lowest BCUT2D eigenvalue weighted by Gasteiger charge is -2.14. The molecule has 0 aromatic carbocycles. The Morgan fingerprint density at radius 3 is 0.750 bits per heavy atom. The van der Waals surface area contributed by atoms with E-state index in [0.29, 0.717) is 0 Å². The number of Topliss-reactive ketones (excluding diaryl/α,β-unsaturated/α-hetero) is 2. The minimum absolute atomic E-state index is 0. The third-order valence-electron chi connectivity index (χ3n) is 0. The topological polar surface area (TPSA) is 54.4 Å². The van der Waals surface area contributed by atoms with Crippen molar-refractivity contribution in [1.29, 1.82) is 0 Å². The number of carbonyl (C=O) groups is 2. The third-order valence-corrected chi connectivity index (χ3v) is 0. The summed E-state index contributed by atoms with van der Waals surface area (Å²) in [6.45, 7) is 6.11. The number of carbonyl (C=O) groups excluding carboxylic acids is 2. The molecule has 0 heterocycles. The Hall–Kier alpha value is -0.450. The van der Waals surface area contributed by atoms with Gasteiger partial charge in [0, 0.05) is 7.11 Å². The number of quaternary nitrogens is 1. The number of ketones is 2. The Bertz CT molecular complexity index is 128. The Balaban J connectivity index is -0.0000000343. The summed E-state index contributed by atoms with van der Waals surface area (Å²) in [5.74, 6) is 0.333. The standard InChI is InChI=1S/C4H12N.2C3H6O.CH4O.ClH/c1-5(2,3)4;2*1-3(2)4;1-2;/h1-4H3;2*1-2H3;2H,1H3;1H/q+1;;;;/p-1. The second-order valence-corrected chi connectivity index (χ2v) is 4.50. The van der Waals surface area contributed by atoms with E-state index < -0.39 is 0 Å². The van der Waals surface area contributed by atoms with E-state index in [9.17, 15) is 9.59 Å². The van der Waals surface area contributed by atoms with Crippen molar-refractivity contribution in [3.8, 4) is 0 Å². The molecule has 102 valence electrons. The van der Waals surface area contributed by atoms with Gasteiger partial charge in [0.15, 0.2) is 0 Å². The first-order valence-electron chi connectivity index (χ1n) is 4.64. The van der Waals surface area contributed by atoms with E-state index in [-0.39, 0.29) is 24.0 Å². The van der Waals surface area contributed by atoms with E-state index in [4.69, 9.17) is 5.11 Å². The van der Waals surface area contributed by atoms with Gasteiger partial charge in [0.05, 0.1) is 28.2 Å². The zero-order valence-electron chi connectivity index (χ0n) is 12.1. The summed E-state index contributed by atoms with van der Waals surface area (Å²) in [4.78, 5) is 18.9. The van der Waals surface area contributed by atoms with Crippen LogP contribution in [0.15, 0.2) is 0 Å². The molecule has 0 aliphatic carbocycles. The molecular formula is C11H28ClNO3. The van der Waals surface area contributed by atoms with Crippen molar-refractivity contribution in [2.75, 3.05) is 35.3 Å². The minimum atomic E-state index is 0. The molecule has 0 aliphatic heterocycles. The van der Waals surface area contributed by atoms with Crippen LogP contribution in [-0.2, 0) is 9.59 Å². The molecule has 0 spiro atoms. The molecule has 0 aliphatic rings. The van der Waals surface area contributed by atoms with Crippen LogP contribution in [0.4, 0.5) is 0 Å². The molecule has 0 bridgehead atoms. The highest BCUT2D eigenvalue weighted by Crippen LogP contribution is 1.73. The number of aliphatic hydroxyl groups excluding tert-OH is 1. The molecule has 0 amide bonds. The van der Waals surface area contributed by atoms with E-state index >= 15 is 0 Å². The monoisotopic (exact) mass is 257 g/mol. The van der Waals surface area contributed by atoms with Crippen molar-refractivity contribution in [3.63, 3.8) is 0 Å². The molecule has 0 atom stereocenters. The minimum Gasteiger partial charge on any atom is -1.00 e. The van der Waals surface area contributed by atoms with Crippen LogP contribution in [0.1, 0.15) is 27.7 Å². The number of nitrogens with zero attached hydrogens (tertiary/aromatic N) is 1. The van der Waals surface area contributed by atoms with Crippen LogP contribution >= 0.6 is 0 Å². The first kappa shape index (κ1) is 29.6. The molecule has 1 N–H and O–H groups in total. The van der Waals surface area contributed by atoms with E-state index in [0.717, 1.165) is 11.6 Å². The molecule has 0 saturated carbocycles. The van der Waals surface area contributed by atoms with Crippen LogP contribution in [-0.4, -0.2) is 56.5 Å². The second kappa shape index (κ2) is 20.0. The molecule has 0 fully saturated rings. The molecule has 0 radical (unpaired) electrons. The number of aliphatic hydroxyl groups is 1. The molecule has 0 aromatic rings. The maximum absolute atomic E-state index is 9.44. The fraction of sp³-hybridized carbons (Fsp3) is 0.818. The normalized spacial score (nSPS) is 7.38. The van der Waals surface area contributed by atoms with Gasteiger partial charge in [-0.05, 0) is 27.7 Å². The largest absolute Gasteiger partial charge is 1.00 e. The molecule has 0 rings (SSSR count). The predicted octanol–water partition coefficient (Wildman–Crippen LogP) is -1.87. The highest BCUT2D eigenvalue weighted by Gasteiger charge is 1.88. The molecule has 0 saturated heterocycles. The smallest absolute Gasteiger partial charge is 0.126 e. The average Bonchev–Trinajstić information content (AvgIpc) is 1.83. The SMILES string of the molecule is CC(C)=O.CC(C)=O.CO.C[N+](C)(C)C.[Cl-]. The predicted molar refractivity (Wildman–Crippen MR) is 64.8 cm³/mol. The van der Waals surface area contributed by atoms with Crippen LogP contribution in [0.25, 0.3) is 0 Å². The summed E-state index contributed by atoms with van der Waals surface area (Å²) in [5.41, 5.74) is 0. The summed E-state index contributed by atoms with van der Waals surface area (Å²) in [7, 11) is 9.50. The summed E-state index contributed by atoms with van der Waals surface area (Å²) in [6.07, 6.45) is 0. The van der Waals surface area contributed by atoms with Crippen LogP contribution < -0.4 is 12.4 Å². The highest BCUT2D eigenvalue weighted by atomic mass is 35.5. The Morgan fingerprint density at radius 2 is 0.750 bits per heavy atom. The van der Waals surface area contributed by atoms with E-state index in [1.807, 2.05) is 0 Å². The fourth-order valence-electron chi connectivity index (χ4n) is 0. The van der Waals surface area contributed by atoms with E-state index in [1.165, 1.54) is 27.7 Å². The first-order valence-corrected chi connectivity index (χ1v) is 4.64. The van der Waals surface area contributed by atoms with Crippen molar-refractivity contribution in [2.45, 2.75) is 27.7 Å². The van der Waals surface area contributed by atoms with Gasteiger partial charge < -0.3 is 31.6 Å². The number of hydrogen-bond donors (Lipinski definition) is 1. The van der Waals surface area contributed by atoms with E-state index in [2.05, 4.69) is 28.2 Å².